The molecule has 0 aliphatic rings. The van der Waals surface area contributed by atoms with Crippen molar-refractivity contribution >= 4 is 27.8 Å². The average Bonchev–Trinajstić information content (AvgIpc) is 2.38. The summed E-state index contributed by atoms with van der Waals surface area (Å²) in [5.74, 6) is -0.934. The second-order valence-electron chi connectivity index (χ2n) is 4.00. The number of benzene rings is 1. The number of amides is 1. The van der Waals surface area contributed by atoms with E-state index in [1.54, 1.807) is 18.2 Å². The molecular weight excluding hydrogens is 314 g/mol. The average molecular weight is 330 g/mol. The molecule has 0 saturated heterocycles. The molecule has 0 heterocycles. The number of carbonyl (C=O) groups is 2. The lowest BCUT2D eigenvalue weighted by Gasteiger charge is -2.14. The van der Waals surface area contributed by atoms with Crippen LogP contribution in [-0.4, -0.2) is 30.1 Å². The Morgan fingerprint density at radius 3 is 2.68 bits per heavy atom. The number of carbonyl (C=O) groups excluding carboxylic acids is 1. The van der Waals surface area contributed by atoms with Gasteiger partial charge in [0.1, 0.15) is 11.8 Å². The summed E-state index contributed by atoms with van der Waals surface area (Å²) in [6.07, 6.45) is 1.07. The molecular formula is C13H16BrNO4. The summed E-state index contributed by atoms with van der Waals surface area (Å²) >= 11 is 3.26. The number of hydrogen-bond acceptors (Lipinski definition) is 3. The fourth-order valence-electron chi connectivity index (χ4n) is 1.59. The van der Waals surface area contributed by atoms with Gasteiger partial charge in [0.15, 0.2) is 0 Å². The van der Waals surface area contributed by atoms with Crippen LogP contribution >= 0.6 is 15.9 Å². The Morgan fingerprint density at radius 2 is 2.16 bits per heavy atom. The van der Waals surface area contributed by atoms with E-state index in [9.17, 15) is 9.59 Å². The van der Waals surface area contributed by atoms with E-state index in [0.717, 1.165) is 0 Å². The first-order valence-corrected chi connectivity index (χ1v) is 6.66. The number of methoxy groups -OCH3 is 1. The first-order valence-electron chi connectivity index (χ1n) is 5.86. The Bertz CT molecular complexity index is 476. The zero-order valence-corrected chi connectivity index (χ0v) is 12.4. The van der Waals surface area contributed by atoms with Crippen molar-refractivity contribution in [2.24, 2.45) is 0 Å². The maximum Gasteiger partial charge on any atom is 0.326 e. The summed E-state index contributed by atoms with van der Waals surface area (Å²) in [6.45, 7) is 1.86. The van der Waals surface area contributed by atoms with E-state index < -0.39 is 17.9 Å². The van der Waals surface area contributed by atoms with Crippen LogP contribution in [0.5, 0.6) is 5.75 Å². The summed E-state index contributed by atoms with van der Waals surface area (Å²) in [7, 11) is 1.50. The second-order valence-corrected chi connectivity index (χ2v) is 4.85. The largest absolute Gasteiger partial charge is 0.497 e. The van der Waals surface area contributed by atoms with Crippen molar-refractivity contribution in [3.8, 4) is 5.75 Å². The van der Waals surface area contributed by atoms with E-state index in [4.69, 9.17) is 9.84 Å². The fourth-order valence-corrected chi connectivity index (χ4v) is 2.01. The summed E-state index contributed by atoms with van der Waals surface area (Å²) in [5.41, 5.74) is 0.349. The van der Waals surface area contributed by atoms with Crippen molar-refractivity contribution in [1.29, 1.82) is 0 Å². The summed E-state index contributed by atoms with van der Waals surface area (Å²) in [6, 6.07) is 4.07. The van der Waals surface area contributed by atoms with Gasteiger partial charge in [-0.15, -0.1) is 0 Å². The molecule has 0 bridgehead atoms. The summed E-state index contributed by atoms with van der Waals surface area (Å²) < 4.78 is 5.63. The molecule has 0 fully saturated rings. The van der Waals surface area contributed by atoms with Gasteiger partial charge in [0, 0.05) is 4.47 Å². The van der Waals surface area contributed by atoms with Crippen molar-refractivity contribution < 1.29 is 19.4 Å². The van der Waals surface area contributed by atoms with Crippen molar-refractivity contribution in [1.82, 2.24) is 5.32 Å². The molecule has 0 saturated carbocycles. The zero-order valence-electron chi connectivity index (χ0n) is 10.8. The molecule has 104 valence electrons. The quantitative estimate of drug-likeness (QED) is 0.840. The molecule has 0 aliphatic heterocycles. The zero-order chi connectivity index (χ0) is 14.4. The van der Waals surface area contributed by atoms with Crippen LogP contribution in [-0.2, 0) is 4.79 Å². The first kappa shape index (κ1) is 15.5. The van der Waals surface area contributed by atoms with Crippen molar-refractivity contribution in [3.05, 3.63) is 28.2 Å². The van der Waals surface area contributed by atoms with Crippen LogP contribution in [0.2, 0.25) is 0 Å². The number of carboxylic acids is 1. The smallest absolute Gasteiger partial charge is 0.326 e. The number of nitrogens with one attached hydrogen (secondary N) is 1. The van der Waals surface area contributed by atoms with Gasteiger partial charge < -0.3 is 15.2 Å². The molecule has 1 rings (SSSR count). The van der Waals surface area contributed by atoms with Crippen LogP contribution < -0.4 is 10.1 Å². The monoisotopic (exact) mass is 329 g/mol. The minimum Gasteiger partial charge on any atom is -0.497 e. The van der Waals surface area contributed by atoms with Crippen molar-refractivity contribution in [2.45, 2.75) is 25.8 Å². The molecule has 0 radical (unpaired) electrons. The number of rotatable bonds is 6. The lowest BCUT2D eigenvalue weighted by molar-refractivity contribution is -0.139. The normalized spacial score (nSPS) is 11.7. The Morgan fingerprint density at radius 1 is 1.47 bits per heavy atom. The Kier molecular flexibility index (Phi) is 5.82. The number of aliphatic carboxylic acids is 1. The highest BCUT2D eigenvalue weighted by molar-refractivity contribution is 9.10. The molecule has 1 aromatic rings. The molecule has 1 aromatic carbocycles. The number of ether oxygens (including phenoxy) is 1. The maximum atomic E-state index is 12.1. The van der Waals surface area contributed by atoms with E-state index >= 15 is 0 Å². The minimum absolute atomic E-state index is 0.349. The van der Waals surface area contributed by atoms with Gasteiger partial charge in [0.05, 0.1) is 12.7 Å². The van der Waals surface area contributed by atoms with Gasteiger partial charge in [0.25, 0.3) is 5.91 Å². The van der Waals surface area contributed by atoms with Gasteiger partial charge in [-0.3, -0.25) is 4.79 Å². The summed E-state index contributed by atoms with van der Waals surface area (Å²) in [5, 5.41) is 11.5. The van der Waals surface area contributed by atoms with E-state index in [1.807, 2.05) is 6.92 Å². The fraction of sp³-hybridized carbons (Fsp3) is 0.385. The number of carboxylic acid groups (broad SMARTS) is 1. The Labute approximate surface area is 120 Å². The van der Waals surface area contributed by atoms with Crippen LogP contribution in [0.25, 0.3) is 0 Å². The SMILES string of the molecule is CCC[C@@H](NC(=O)c1cc(OC)ccc1Br)C(=O)O. The van der Waals surface area contributed by atoms with Crippen molar-refractivity contribution in [2.75, 3.05) is 7.11 Å². The predicted octanol–water partition coefficient (Wildman–Crippen LogP) is 2.44. The molecule has 0 spiro atoms. The van der Waals surface area contributed by atoms with Gasteiger partial charge in [-0.05, 0) is 40.5 Å². The lowest BCUT2D eigenvalue weighted by atomic mass is 10.1. The third kappa shape index (κ3) is 4.24. The highest BCUT2D eigenvalue weighted by Gasteiger charge is 2.21. The highest BCUT2D eigenvalue weighted by Crippen LogP contribution is 2.22. The van der Waals surface area contributed by atoms with E-state index in [0.29, 0.717) is 28.6 Å². The van der Waals surface area contributed by atoms with Crippen LogP contribution in [0.3, 0.4) is 0 Å². The van der Waals surface area contributed by atoms with Crippen LogP contribution in [0, 0.1) is 0 Å². The van der Waals surface area contributed by atoms with Gasteiger partial charge >= 0.3 is 5.97 Å². The van der Waals surface area contributed by atoms with E-state index in [2.05, 4.69) is 21.2 Å². The number of hydrogen-bond donors (Lipinski definition) is 2. The van der Waals surface area contributed by atoms with Gasteiger partial charge in [-0.2, -0.15) is 0 Å². The van der Waals surface area contributed by atoms with Crippen LogP contribution in [0.1, 0.15) is 30.1 Å². The molecule has 1 amide bonds. The van der Waals surface area contributed by atoms with Gasteiger partial charge in [0.2, 0.25) is 0 Å². The van der Waals surface area contributed by atoms with Gasteiger partial charge in [-0.25, -0.2) is 4.79 Å². The third-order valence-corrected chi connectivity index (χ3v) is 3.29. The lowest BCUT2D eigenvalue weighted by Crippen LogP contribution is -2.40. The molecule has 1 atom stereocenters. The second kappa shape index (κ2) is 7.13. The first-order chi connectivity index (χ1) is 8.99. The standard InChI is InChI=1S/C13H16BrNO4/c1-3-4-11(13(17)18)15-12(16)9-7-8(19-2)5-6-10(9)14/h5-7,11H,3-4H2,1-2H3,(H,15,16)(H,17,18)/t11-/m1/s1. The maximum absolute atomic E-state index is 12.1. The van der Waals surface area contributed by atoms with Gasteiger partial charge in [-0.1, -0.05) is 13.3 Å². The van der Waals surface area contributed by atoms with E-state index in [-0.39, 0.29) is 0 Å². The Balaban J connectivity index is 2.90. The predicted molar refractivity (Wildman–Crippen MR) is 74.5 cm³/mol. The molecule has 2 N–H and O–H groups in total. The summed E-state index contributed by atoms with van der Waals surface area (Å²) in [4.78, 5) is 23.1. The third-order valence-electron chi connectivity index (χ3n) is 2.60. The topological polar surface area (TPSA) is 75.6 Å². The molecule has 0 aliphatic carbocycles. The highest BCUT2D eigenvalue weighted by atomic mass is 79.9. The molecule has 0 unspecified atom stereocenters. The minimum atomic E-state index is -1.03. The molecule has 0 aromatic heterocycles. The van der Waals surface area contributed by atoms with Crippen LogP contribution in [0.15, 0.2) is 22.7 Å². The Hall–Kier alpha value is -1.56. The molecule has 5 nitrogen and oxygen atoms in total. The molecule has 19 heavy (non-hydrogen) atoms. The van der Waals surface area contributed by atoms with Crippen molar-refractivity contribution in [3.63, 3.8) is 0 Å². The van der Waals surface area contributed by atoms with Crippen LogP contribution in [0.4, 0.5) is 0 Å². The van der Waals surface area contributed by atoms with E-state index in [1.165, 1.54) is 7.11 Å². The molecule has 6 heteroatoms. The number of halogens is 1.